The van der Waals surface area contributed by atoms with Crippen LogP contribution in [-0.2, 0) is 13.1 Å². The maximum Gasteiger partial charge on any atom is 0.412 e. The van der Waals surface area contributed by atoms with Crippen LogP contribution in [0, 0.1) is 0 Å². The van der Waals surface area contributed by atoms with Crippen LogP contribution in [0.4, 0.5) is 26.3 Å². The van der Waals surface area contributed by atoms with Crippen LogP contribution in [0.15, 0.2) is 0 Å². The highest BCUT2D eigenvalue weighted by Crippen LogP contribution is 2.43. The number of halogens is 7. The molecule has 0 rings (SSSR count). The summed E-state index contributed by atoms with van der Waals surface area (Å²) in [5.74, 6) is 0. The number of rotatable bonds is 5. The molecule has 3 nitrogen and oxygen atoms in total. The van der Waals surface area contributed by atoms with Gasteiger partial charge in [0.05, 0.1) is 11.9 Å². The molecule has 0 bridgehead atoms. The first-order valence-corrected chi connectivity index (χ1v) is 4.52. The van der Waals surface area contributed by atoms with Crippen molar-refractivity contribution in [2.45, 2.75) is 12.4 Å². The zero-order valence-corrected chi connectivity index (χ0v) is 8.38. The van der Waals surface area contributed by atoms with E-state index in [-0.39, 0.29) is 0 Å². The fourth-order valence-corrected chi connectivity index (χ4v) is 1.23. The van der Waals surface area contributed by atoms with Crippen LogP contribution in [0.1, 0.15) is 0 Å². The monoisotopic (exact) mass is 280 g/mol. The van der Waals surface area contributed by atoms with Crippen molar-refractivity contribution in [1.29, 1.82) is 0 Å². The maximum atomic E-state index is 11.5. The molecular weight excluding hydrogens is 276 g/mol. The van der Waals surface area contributed by atoms with Crippen LogP contribution in [0.25, 0.3) is 0 Å². The molecule has 15 heavy (non-hydrogen) atoms. The van der Waals surface area contributed by atoms with Crippen molar-refractivity contribution < 1.29 is 39.5 Å². The Bertz CT molecular complexity index is 166. The van der Waals surface area contributed by atoms with Crippen molar-refractivity contribution in [3.05, 3.63) is 0 Å². The van der Waals surface area contributed by atoms with Gasteiger partial charge in [0.2, 0.25) is 0 Å². The van der Waals surface area contributed by atoms with Gasteiger partial charge in [0.15, 0.2) is 13.2 Å². The lowest BCUT2D eigenvalue weighted by Gasteiger charge is -2.14. The average molecular weight is 280 g/mol. The van der Waals surface area contributed by atoms with Crippen LogP contribution in [0.5, 0.6) is 0 Å². The third kappa shape index (κ3) is 10.5. The van der Waals surface area contributed by atoms with Gasteiger partial charge in [-0.3, -0.25) is 0 Å². The molecule has 0 fully saturated rings. The molecule has 0 aliphatic heterocycles. The molecule has 0 unspecified atom stereocenters. The number of hydrogen-bond acceptors (Lipinski definition) is 3. The quantitative estimate of drug-likeness (QED) is 0.569. The average Bonchev–Trinajstić information content (AvgIpc) is 2.00. The fourth-order valence-electron chi connectivity index (χ4n) is 0.329. The molecule has 0 aromatic carbocycles. The molecule has 11 heteroatoms. The van der Waals surface area contributed by atoms with Crippen LogP contribution in [-0.4, -0.2) is 25.6 Å². The fraction of sp³-hybridized carbons (Fsp3) is 1.00. The molecule has 0 radical (unpaired) electrons. The van der Waals surface area contributed by atoms with Gasteiger partial charge in [-0.05, 0) is 0 Å². The van der Waals surface area contributed by atoms with Crippen LogP contribution in [0.2, 0.25) is 0 Å². The minimum atomic E-state index is -4.70. The summed E-state index contributed by atoms with van der Waals surface area (Å²) in [5.41, 5.74) is 0. The highest BCUT2D eigenvalue weighted by atomic mass is 35.5. The van der Waals surface area contributed by atoms with Gasteiger partial charge in [-0.2, -0.15) is 30.4 Å². The summed E-state index contributed by atoms with van der Waals surface area (Å²) in [6.07, 6.45) is -9.39. The van der Waals surface area contributed by atoms with E-state index < -0.39 is 34.2 Å². The summed E-state index contributed by atoms with van der Waals surface area (Å²) in [7, 11) is -2.86. The van der Waals surface area contributed by atoms with E-state index in [1.807, 2.05) is 0 Å². The first-order valence-electron chi connectivity index (χ1n) is 3.12. The number of hydrogen-bond donors (Lipinski definition) is 0. The Morgan fingerprint density at radius 1 is 0.867 bits per heavy atom. The molecule has 0 aromatic heterocycles. The van der Waals surface area contributed by atoms with Gasteiger partial charge < -0.3 is 9.05 Å². The Kier molecular flexibility index (Phi) is 6.12. The zero-order valence-electron chi connectivity index (χ0n) is 6.73. The molecule has 0 saturated carbocycles. The van der Waals surface area contributed by atoms with Crippen molar-refractivity contribution in [1.82, 2.24) is 0 Å². The number of alkyl halides is 6. The molecule has 0 heterocycles. The van der Waals surface area contributed by atoms with E-state index in [4.69, 9.17) is 0 Å². The SMILES string of the molecule is FC(F)(F)COP(OCl)OCC(F)(F)F. The summed E-state index contributed by atoms with van der Waals surface area (Å²) in [4.78, 5) is 0. The molecular formula is C4H4ClF6O3P. The molecule has 0 amide bonds. The van der Waals surface area contributed by atoms with E-state index in [1.165, 1.54) is 0 Å². The van der Waals surface area contributed by atoms with Gasteiger partial charge in [-0.25, -0.2) is 0 Å². The highest BCUT2D eigenvalue weighted by molar-refractivity contribution is 7.42. The zero-order chi connectivity index (χ0) is 12.1. The minimum Gasteiger partial charge on any atom is -0.302 e. The first-order chi connectivity index (χ1) is 6.64. The summed E-state index contributed by atoms with van der Waals surface area (Å²) in [6, 6.07) is 0. The van der Waals surface area contributed by atoms with E-state index in [9.17, 15) is 26.3 Å². The Balaban J connectivity index is 3.84. The summed E-state index contributed by atoms with van der Waals surface area (Å²) < 4.78 is 80.5. The van der Waals surface area contributed by atoms with Gasteiger partial charge in [-0.1, -0.05) is 0 Å². The molecule has 0 aliphatic rings. The summed E-state index contributed by atoms with van der Waals surface area (Å²) in [6.45, 7) is -3.60. The van der Waals surface area contributed by atoms with Crippen molar-refractivity contribution in [3.63, 3.8) is 0 Å². The third-order valence-corrected chi connectivity index (χ3v) is 1.85. The second-order valence-electron chi connectivity index (χ2n) is 2.07. The van der Waals surface area contributed by atoms with E-state index in [0.29, 0.717) is 0 Å². The van der Waals surface area contributed by atoms with Crippen LogP contribution in [0.3, 0.4) is 0 Å². The molecule has 0 spiro atoms. The van der Waals surface area contributed by atoms with Gasteiger partial charge in [0.1, 0.15) is 0 Å². The van der Waals surface area contributed by atoms with Crippen molar-refractivity contribution in [2.24, 2.45) is 0 Å². The molecule has 0 N–H and O–H groups in total. The van der Waals surface area contributed by atoms with Crippen LogP contribution >= 0.6 is 20.5 Å². The minimum absolute atomic E-state index is 1.80. The van der Waals surface area contributed by atoms with E-state index >= 15 is 0 Å². The van der Waals surface area contributed by atoms with E-state index in [2.05, 4.69) is 25.0 Å². The van der Waals surface area contributed by atoms with Crippen LogP contribution < -0.4 is 0 Å². The normalized spacial score (nSPS) is 13.6. The largest absolute Gasteiger partial charge is 0.412 e. The topological polar surface area (TPSA) is 27.7 Å². The molecule has 0 aromatic rings. The second kappa shape index (κ2) is 6.05. The lowest BCUT2D eigenvalue weighted by atomic mass is 10.7. The van der Waals surface area contributed by atoms with Gasteiger partial charge in [-0.15, -0.1) is 0 Å². The standard InChI is InChI=1S/C4H4ClF6O3P/c5-14-15(12-1-3(6,7)8)13-2-4(9,10)11/h1-2H2. The molecule has 0 saturated heterocycles. The lowest BCUT2D eigenvalue weighted by Crippen LogP contribution is -2.18. The predicted molar refractivity (Wildman–Crippen MR) is 37.9 cm³/mol. The second-order valence-corrected chi connectivity index (χ2v) is 3.59. The highest BCUT2D eigenvalue weighted by Gasteiger charge is 2.34. The maximum absolute atomic E-state index is 11.5. The van der Waals surface area contributed by atoms with Crippen molar-refractivity contribution in [3.8, 4) is 0 Å². The Hall–Kier alpha value is 0.180. The Morgan fingerprint density at radius 2 is 1.20 bits per heavy atom. The van der Waals surface area contributed by atoms with Crippen molar-refractivity contribution in [2.75, 3.05) is 13.2 Å². The molecule has 92 valence electrons. The Labute approximate surface area is 86.4 Å². The summed E-state index contributed by atoms with van der Waals surface area (Å²) >= 11 is 4.57. The van der Waals surface area contributed by atoms with Gasteiger partial charge >= 0.3 is 21.0 Å². The predicted octanol–water partition coefficient (Wildman–Crippen LogP) is 3.54. The summed E-state index contributed by atoms with van der Waals surface area (Å²) in [5, 5.41) is 0. The molecule has 0 aliphatic carbocycles. The Morgan fingerprint density at radius 3 is 1.40 bits per heavy atom. The van der Waals surface area contributed by atoms with Gasteiger partial charge in [0.25, 0.3) is 0 Å². The lowest BCUT2D eigenvalue weighted by molar-refractivity contribution is -0.164. The van der Waals surface area contributed by atoms with Gasteiger partial charge in [0, 0.05) is 0 Å². The smallest absolute Gasteiger partial charge is 0.302 e. The van der Waals surface area contributed by atoms with E-state index in [0.717, 1.165) is 0 Å². The third-order valence-electron chi connectivity index (χ3n) is 0.724. The molecule has 0 atom stereocenters. The van der Waals surface area contributed by atoms with E-state index in [1.54, 1.807) is 0 Å². The first kappa shape index (κ1) is 15.2. The van der Waals surface area contributed by atoms with Crippen molar-refractivity contribution >= 4 is 20.5 Å².